The molecule has 0 fully saturated rings. The number of amides is 2. The SMILES string of the molecule is CN(C)CCCNC(=O)[C@H](Cc1ccc(OP(=O)(O)C(F)F)cc1)NC(=O)OCc1ccccc1. The maximum Gasteiger partial charge on any atom is 0.442 e. The van der Waals surface area contributed by atoms with Gasteiger partial charge in [0.2, 0.25) is 5.91 Å². The van der Waals surface area contributed by atoms with Crippen LogP contribution in [-0.2, 0) is 27.1 Å². The molecular formula is C23H30F2N3O6P. The molecule has 12 heteroatoms. The van der Waals surface area contributed by atoms with Gasteiger partial charge in [-0.15, -0.1) is 0 Å². The van der Waals surface area contributed by atoms with Crippen molar-refractivity contribution in [1.29, 1.82) is 0 Å². The first-order valence-electron chi connectivity index (χ1n) is 10.9. The Morgan fingerprint density at radius 2 is 1.71 bits per heavy atom. The van der Waals surface area contributed by atoms with Gasteiger partial charge in [-0.25, -0.2) is 9.36 Å². The van der Waals surface area contributed by atoms with Gasteiger partial charge in [0.25, 0.3) is 0 Å². The number of carbonyl (C=O) groups is 2. The number of nitrogens with one attached hydrogen (secondary N) is 2. The first-order chi connectivity index (χ1) is 16.6. The summed E-state index contributed by atoms with van der Waals surface area (Å²) in [6.45, 7) is 1.20. The van der Waals surface area contributed by atoms with Crippen molar-refractivity contribution >= 4 is 19.6 Å². The van der Waals surface area contributed by atoms with E-state index < -0.39 is 31.8 Å². The summed E-state index contributed by atoms with van der Waals surface area (Å²) in [4.78, 5) is 36.2. The second kappa shape index (κ2) is 13.8. The maximum atomic E-state index is 12.8. The number of hydrogen-bond donors (Lipinski definition) is 3. The highest BCUT2D eigenvalue weighted by molar-refractivity contribution is 7.53. The van der Waals surface area contributed by atoms with Crippen molar-refractivity contribution in [3.63, 3.8) is 0 Å². The standard InChI is InChI=1S/C23H30F2N3O6P/c1-28(2)14-6-13-26-21(29)20(27-23(30)33-16-18-7-4-3-5-8-18)15-17-9-11-19(12-10-17)34-35(31,32)22(24)25/h3-5,7-12,20,22H,6,13-16H2,1-2H3,(H,26,29)(H,27,30)(H,31,32)/t20-/m0/s1. The van der Waals surface area contributed by atoms with Crippen molar-refractivity contribution in [2.75, 3.05) is 27.2 Å². The number of carbonyl (C=O) groups excluding carboxylic acids is 2. The fraction of sp³-hybridized carbons (Fsp3) is 0.391. The number of nitrogens with zero attached hydrogens (tertiary/aromatic N) is 1. The molecule has 3 N–H and O–H groups in total. The Morgan fingerprint density at radius 3 is 2.31 bits per heavy atom. The molecule has 0 heterocycles. The van der Waals surface area contributed by atoms with Gasteiger partial charge < -0.3 is 29.7 Å². The van der Waals surface area contributed by atoms with Gasteiger partial charge in [0.15, 0.2) is 0 Å². The van der Waals surface area contributed by atoms with E-state index in [1.54, 1.807) is 12.1 Å². The highest BCUT2D eigenvalue weighted by atomic mass is 31.2. The lowest BCUT2D eigenvalue weighted by atomic mass is 10.1. The first-order valence-corrected chi connectivity index (χ1v) is 12.5. The minimum absolute atomic E-state index is 0.0290. The molecule has 2 aromatic carbocycles. The smallest absolute Gasteiger partial charge is 0.442 e. The van der Waals surface area contributed by atoms with E-state index in [0.717, 1.165) is 12.1 Å². The number of benzene rings is 2. The van der Waals surface area contributed by atoms with Crippen LogP contribution in [0.5, 0.6) is 5.75 Å². The lowest BCUT2D eigenvalue weighted by Crippen LogP contribution is -2.48. The predicted molar refractivity (Wildman–Crippen MR) is 126 cm³/mol. The molecule has 0 bridgehead atoms. The minimum atomic E-state index is -5.09. The highest BCUT2D eigenvalue weighted by Crippen LogP contribution is 2.48. The molecule has 0 aliphatic heterocycles. The van der Waals surface area contributed by atoms with Crippen LogP contribution in [0.25, 0.3) is 0 Å². The summed E-state index contributed by atoms with van der Waals surface area (Å²) in [6.07, 6.45) is -3.54. The lowest BCUT2D eigenvalue weighted by molar-refractivity contribution is -0.123. The molecule has 0 aromatic heterocycles. The van der Waals surface area contributed by atoms with Crippen LogP contribution in [0, 0.1) is 0 Å². The van der Waals surface area contributed by atoms with Crippen LogP contribution in [0.1, 0.15) is 17.5 Å². The van der Waals surface area contributed by atoms with Gasteiger partial charge in [-0.3, -0.25) is 4.79 Å². The summed E-state index contributed by atoms with van der Waals surface area (Å²) in [5, 5.41) is 5.33. The van der Waals surface area contributed by atoms with Gasteiger partial charge in [0.05, 0.1) is 0 Å². The molecule has 2 rings (SSSR count). The first kappa shape index (κ1) is 28.2. The van der Waals surface area contributed by atoms with E-state index in [1.807, 2.05) is 37.2 Å². The van der Waals surface area contributed by atoms with Gasteiger partial charge in [0, 0.05) is 13.0 Å². The van der Waals surface area contributed by atoms with Gasteiger partial charge in [-0.1, -0.05) is 42.5 Å². The van der Waals surface area contributed by atoms with Gasteiger partial charge >= 0.3 is 19.9 Å². The van der Waals surface area contributed by atoms with E-state index in [-0.39, 0.29) is 18.8 Å². The Kier molecular flexibility index (Phi) is 11.1. The number of halogens is 2. The van der Waals surface area contributed by atoms with Gasteiger partial charge in [-0.2, -0.15) is 8.78 Å². The quantitative estimate of drug-likeness (QED) is 0.278. The van der Waals surface area contributed by atoms with E-state index in [0.29, 0.717) is 18.5 Å². The zero-order valence-corrected chi connectivity index (χ0v) is 20.4. The van der Waals surface area contributed by atoms with Crippen LogP contribution >= 0.6 is 7.60 Å². The molecule has 0 saturated carbocycles. The van der Waals surface area contributed by atoms with Gasteiger partial charge in [-0.05, 0) is 50.3 Å². The van der Waals surface area contributed by atoms with Crippen LogP contribution in [0.15, 0.2) is 54.6 Å². The summed E-state index contributed by atoms with van der Waals surface area (Å²) in [6, 6.07) is 13.4. The largest absolute Gasteiger partial charge is 0.445 e. The van der Waals surface area contributed by atoms with Crippen molar-refractivity contribution in [3.05, 3.63) is 65.7 Å². The molecular weight excluding hydrogens is 483 g/mol. The van der Waals surface area contributed by atoms with Crippen LogP contribution in [0.2, 0.25) is 0 Å². The minimum Gasteiger partial charge on any atom is -0.445 e. The third-order valence-corrected chi connectivity index (χ3v) is 5.71. The summed E-state index contributed by atoms with van der Waals surface area (Å²) < 4.78 is 46.2. The van der Waals surface area contributed by atoms with Crippen molar-refractivity contribution in [2.45, 2.75) is 31.7 Å². The maximum absolute atomic E-state index is 12.8. The van der Waals surface area contributed by atoms with Gasteiger partial charge in [0.1, 0.15) is 18.4 Å². The molecule has 1 unspecified atom stereocenters. The highest BCUT2D eigenvalue weighted by Gasteiger charge is 2.34. The van der Waals surface area contributed by atoms with Crippen molar-refractivity contribution in [1.82, 2.24) is 15.5 Å². The van der Waals surface area contributed by atoms with E-state index >= 15 is 0 Å². The van der Waals surface area contributed by atoms with E-state index in [9.17, 15) is 22.9 Å². The monoisotopic (exact) mass is 513 g/mol. The summed E-state index contributed by atoms with van der Waals surface area (Å²) in [5.74, 6) is -0.641. The predicted octanol–water partition coefficient (Wildman–Crippen LogP) is 3.38. The third-order valence-electron chi connectivity index (χ3n) is 4.75. The lowest BCUT2D eigenvalue weighted by Gasteiger charge is -2.19. The van der Waals surface area contributed by atoms with Crippen LogP contribution in [-0.4, -0.2) is 61.2 Å². The third kappa shape index (κ3) is 10.4. The van der Waals surface area contributed by atoms with Crippen molar-refractivity contribution in [3.8, 4) is 5.75 Å². The second-order valence-electron chi connectivity index (χ2n) is 7.99. The molecule has 2 aromatic rings. The molecule has 35 heavy (non-hydrogen) atoms. The zero-order valence-electron chi connectivity index (χ0n) is 19.5. The number of alkyl halides is 2. The normalized spacial score (nSPS) is 13.7. The van der Waals surface area contributed by atoms with Crippen molar-refractivity contribution < 1.29 is 37.1 Å². The summed E-state index contributed by atoms with van der Waals surface area (Å²) in [5.41, 5.74) is 1.34. The van der Waals surface area contributed by atoms with Crippen LogP contribution < -0.4 is 15.2 Å². The van der Waals surface area contributed by atoms with Crippen LogP contribution in [0.4, 0.5) is 13.6 Å². The topological polar surface area (TPSA) is 117 Å². The Labute approximate surface area is 203 Å². The molecule has 0 radical (unpaired) electrons. The van der Waals surface area contributed by atoms with Crippen molar-refractivity contribution in [2.24, 2.45) is 0 Å². The Bertz CT molecular complexity index is 993. The Balaban J connectivity index is 2.02. The average molecular weight is 513 g/mol. The Hall–Kier alpha value is -3.01. The molecule has 0 aliphatic rings. The van der Waals surface area contributed by atoms with E-state index in [1.165, 1.54) is 24.3 Å². The molecule has 2 amide bonds. The summed E-state index contributed by atoms with van der Waals surface area (Å²) >= 11 is 0. The van der Waals surface area contributed by atoms with E-state index in [4.69, 9.17) is 9.63 Å². The average Bonchev–Trinajstić information content (AvgIpc) is 2.81. The molecule has 0 saturated heterocycles. The second-order valence-corrected chi connectivity index (χ2v) is 9.69. The van der Waals surface area contributed by atoms with E-state index in [2.05, 4.69) is 15.2 Å². The fourth-order valence-electron chi connectivity index (χ4n) is 2.96. The molecule has 2 atom stereocenters. The fourth-order valence-corrected chi connectivity index (χ4v) is 3.46. The summed E-state index contributed by atoms with van der Waals surface area (Å²) in [7, 11) is -1.26. The van der Waals surface area contributed by atoms with Crippen LogP contribution in [0.3, 0.4) is 0 Å². The number of ether oxygens (including phenoxy) is 1. The Morgan fingerprint density at radius 1 is 1.06 bits per heavy atom. The zero-order chi connectivity index (χ0) is 25.8. The number of rotatable bonds is 13. The number of alkyl carbamates (subject to hydrolysis) is 1. The molecule has 9 nitrogen and oxygen atoms in total. The molecule has 192 valence electrons. The molecule has 0 aliphatic carbocycles. The molecule has 0 spiro atoms. The number of hydrogen-bond acceptors (Lipinski definition) is 6.